The molecule has 0 saturated heterocycles. The number of allylic oxidation sites excluding steroid dienone is 2. The third-order valence-corrected chi connectivity index (χ3v) is 17.8. The van der Waals surface area contributed by atoms with Gasteiger partial charge in [0.15, 0.2) is 34.6 Å². The molecule has 3 heterocycles. The van der Waals surface area contributed by atoms with Crippen molar-refractivity contribution in [2.24, 2.45) is 33.7 Å². The number of fused-ring (bicyclic) bond motifs is 12. The Hall–Kier alpha value is -2.88. The molecule has 6 nitrogen and oxygen atoms in total. The van der Waals surface area contributed by atoms with Gasteiger partial charge < -0.3 is 0 Å². The summed E-state index contributed by atoms with van der Waals surface area (Å²) in [6.45, 7) is 0. The minimum Gasteiger partial charge on any atom is -0.292 e. The number of rotatable bonds is 2. The summed E-state index contributed by atoms with van der Waals surface area (Å²) >= 11 is 5.34. The molecule has 2 spiro atoms. The third-order valence-electron chi connectivity index (χ3n) is 14.4. The van der Waals surface area contributed by atoms with Gasteiger partial charge in [0.05, 0.1) is 4.70 Å². The zero-order valence-corrected chi connectivity index (χ0v) is 31.4. The number of carbonyl (C=O) groups is 4. The second-order valence-corrected chi connectivity index (χ2v) is 19.9. The van der Waals surface area contributed by atoms with Crippen molar-refractivity contribution >= 4 is 99.1 Å². The van der Waals surface area contributed by atoms with Gasteiger partial charge in [0, 0.05) is 49.0 Å². The molecule has 4 atom stereocenters. The van der Waals surface area contributed by atoms with E-state index in [0.717, 1.165) is 87.1 Å². The molecule has 0 bridgehead atoms. The van der Waals surface area contributed by atoms with Crippen molar-refractivity contribution in [3.63, 3.8) is 0 Å². The summed E-state index contributed by atoms with van der Waals surface area (Å²) in [6, 6.07) is 4.45. The van der Waals surface area contributed by atoms with E-state index >= 15 is 0 Å². The minimum atomic E-state index is -0.163. The molecule has 262 valence electrons. The van der Waals surface area contributed by atoms with Crippen LogP contribution in [0.25, 0.3) is 20.5 Å². The lowest BCUT2D eigenvalue weighted by molar-refractivity contribution is -0.120. The van der Waals surface area contributed by atoms with E-state index in [2.05, 4.69) is 12.1 Å². The lowest BCUT2D eigenvalue weighted by atomic mass is 9.67. The van der Waals surface area contributed by atoms with Crippen LogP contribution in [0.2, 0.25) is 0 Å². The summed E-state index contributed by atoms with van der Waals surface area (Å²) in [4.78, 5) is 66.4. The van der Waals surface area contributed by atoms with E-state index < -0.39 is 0 Å². The predicted octanol–water partition coefficient (Wildman–Crippen LogP) is 10.4. The van der Waals surface area contributed by atoms with Gasteiger partial charge in [-0.25, -0.2) is 9.98 Å². The summed E-state index contributed by atoms with van der Waals surface area (Å²) in [5.41, 5.74) is 6.28. The average Bonchev–Trinajstić information content (AvgIpc) is 4.00. The molecule has 4 unspecified atom stereocenters. The summed E-state index contributed by atoms with van der Waals surface area (Å²) in [7, 11) is 0. The van der Waals surface area contributed by atoms with Crippen LogP contribution in [0.5, 0.6) is 0 Å². The zero-order chi connectivity index (χ0) is 34.2. The molecule has 0 radical (unpaired) electrons. The van der Waals surface area contributed by atoms with Crippen LogP contribution in [0.15, 0.2) is 22.1 Å². The number of thiophene rings is 3. The lowest BCUT2D eigenvalue weighted by Crippen LogP contribution is -2.28. The summed E-state index contributed by atoms with van der Waals surface area (Å²) in [6.07, 6.45) is 19.1. The molecule has 0 aliphatic heterocycles. The van der Waals surface area contributed by atoms with Gasteiger partial charge in [-0.15, -0.1) is 34.0 Å². The monoisotopic (exact) mass is 734 g/mol. The van der Waals surface area contributed by atoms with E-state index in [-0.39, 0.29) is 69.1 Å². The Morgan fingerprint density at radius 3 is 1.51 bits per heavy atom. The van der Waals surface area contributed by atoms with E-state index in [4.69, 9.17) is 9.98 Å². The highest BCUT2D eigenvalue weighted by Gasteiger charge is 2.59. The van der Waals surface area contributed by atoms with Crippen LogP contribution in [0.3, 0.4) is 0 Å². The van der Waals surface area contributed by atoms with Gasteiger partial charge in [-0.1, -0.05) is 64.2 Å². The molecule has 6 fully saturated rings. The van der Waals surface area contributed by atoms with Gasteiger partial charge in [0.1, 0.15) is 10.0 Å². The largest absolute Gasteiger partial charge is 0.292 e. The highest BCUT2D eigenvalue weighted by Crippen LogP contribution is 2.73. The molecule has 0 amide bonds. The fourth-order valence-corrected chi connectivity index (χ4v) is 16.3. The maximum atomic E-state index is 13.5. The van der Waals surface area contributed by atoms with E-state index in [1.165, 1.54) is 74.4 Å². The summed E-state index contributed by atoms with van der Waals surface area (Å²) < 4.78 is 2.54. The first kappa shape index (κ1) is 31.6. The number of Topliss-reactive ketones (excluding diaryl/α,β-unsaturated/α-hetero) is 4. The van der Waals surface area contributed by atoms with Gasteiger partial charge in [0.2, 0.25) is 0 Å². The van der Waals surface area contributed by atoms with Crippen LogP contribution < -0.4 is 0 Å². The quantitative estimate of drug-likeness (QED) is 0.262. The number of ketones is 4. The minimum absolute atomic E-state index is 0.0171. The fraction of sp³-hybridized carbons (Fsp3) is 0.571. The number of hydrogen-bond donors (Lipinski definition) is 0. The smallest absolute Gasteiger partial charge is 0.188 e. The Balaban J connectivity index is 1.05. The molecule has 8 aliphatic carbocycles. The molecule has 3 aromatic rings. The predicted molar refractivity (Wildman–Crippen MR) is 205 cm³/mol. The van der Waals surface area contributed by atoms with Gasteiger partial charge in [-0.3, -0.25) is 19.2 Å². The number of carbonyl (C=O) groups excluding carboxylic acids is 4. The average molecular weight is 735 g/mol. The number of aliphatic imine (C=N–C) groups is 2. The molecule has 9 heteroatoms. The van der Waals surface area contributed by atoms with Crippen LogP contribution in [-0.4, -0.2) is 34.6 Å². The number of nitrogens with zero attached hydrogens (tertiary/aromatic N) is 2. The van der Waals surface area contributed by atoms with Crippen LogP contribution in [-0.2, 0) is 30.0 Å². The summed E-state index contributed by atoms with van der Waals surface area (Å²) in [5, 5.41) is 1.63. The molecule has 51 heavy (non-hydrogen) atoms. The van der Waals surface area contributed by atoms with E-state index in [1.54, 1.807) is 28.2 Å². The third kappa shape index (κ3) is 4.20. The molecule has 6 saturated carbocycles. The first-order valence-electron chi connectivity index (χ1n) is 19.7. The Labute approximate surface area is 309 Å². The van der Waals surface area contributed by atoms with Crippen molar-refractivity contribution in [1.82, 2.24) is 0 Å². The molecule has 0 N–H and O–H groups in total. The Kier molecular flexibility index (Phi) is 7.02. The van der Waals surface area contributed by atoms with Crippen molar-refractivity contribution in [3.8, 4) is 0 Å². The van der Waals surface area contributed by atoms with Crippen molar-refractivity contribution in [2.75, 3.05) is 0 Å². The van der Waals surface area contributed by atoms with E-state index in [0.29, 0.717) is 0 Å². The molecular weight excluding hydrogens is 693 g/mol. The second-order valence-electron chi connectivity index (χ2n) is 16.8. The SMILES string of the molecule is O=C1C(=Nc2cc3c(s2)C2=C(c4sc5cc(N=C6C(=O)C7CCCCC7C6=O)sc5c4C24CCCCC4)C32CCCCC2)C(=O)C2CCCCC12. The van der Waals surface area contributed by atoms with Crippen molar-refractivity contribution in [2.45, 2.75) is 126 Å². The lowest BCUT2D eigenvalue weighted by Gasteiger charge is -2.37. The maximum Gasteiger partial charge on any atom is 0.188 e. The normalized spacial score (nSPS) is 30.4. The fourth-order valence-electron chi connectivity index (χ4n) is 12.1. The first-order valence-corrected chi connectivity index (χ1v) is 22.2. The molecule has 3 aromatic heterocycles. The standard InChI is InChI=1S/C42H42N2O4S3/c45-34-21-11-3-4-12-22(21)35(46)32(34)43-27-19-25-38(50-27)29-30(41(25)15-7-1-8-16-41)40-31(42(29)17-9-2-10-18-42)39-26(49-40)20-28(51-39)44-33-36(47)23-13-5-6-14-24(23)37(33)48/h19-24H,1-18H2. The number of hydrogen-bond acceptors (Lipinski definition) is 9. The van der Waals surface area contributed by atoms with Crippen LogP contribution in [0, 0.1) is 23.7 Å². The van der Waals surface area contributed by atoms with Crippen LogP contribution in [0.4, 0.5) is 10.0 Å². The van der Waals surface area contributed by atoms with Gasteiger partial charge in [-0.05, 0) is 85.8 Å². The van der Waals surface area contributed by atoms with Crippen molar-refractivity contribution in [1.29, 1.82) is 0 Å². The van der Waals surface area contributed by atoms with E-state index in [1.807, 2.05) is 11.3 Å². The Morgan fingerprint density at radius 2 is 0.980 bits per heavy atom. The molecular formula is C42H42N2O4S3. The maximum absolute atomic E-state index is 13.5. The summed E-state index contributed by atoms with van der Waals surface area (Å²) in [5.74, 6) is -0.742. The second kappa shape index (κ2) is 11.3. The van der Waals surface area contributed by atoms with Crippen LogP contribution >= 0.6 is 34.0 Å². The van der Waals surface area contributed by atoms with Crippen LogP contribution in [0.1, 0.15) is 136 Å². The molecule has 0 aromatic carbocycles. The van der Waals surface area contributed by atoms with Crippen molar-refractivity contribution in [3.05, 3.63) is 33.0 Å². The van der Waals surface area contributed by atoms with Gasteiger partial charge >= 0.3 is 0 Å². The topological polar surface area (TPSA) is 93.0 Å². The highest BCUT2D eigenvalue weighted by molar-refractivity contribution is 7.30. The van der Waals surface area contributed by atoms with Gasteiger partial charge in [0.25, 0.3) is 0 Å². The Morgan fingerprint density at radius 1 is 0.510 bits per heavy atom. The molecule has 8 aliphatic rings. The van der Waals surface area contributed by atoms with Gasteiger partial charge in [-0.2, -0.15) is 0 Å². The zero-order valence-electron chi connectivity index (χ0n) is 28.9. The molecule has 11 rings (SSSR count). The highest BCUT2D eigenvalue weighted by atomic mass is 32.1. The Bertz CT molecular complexity index is 2140. The van der Waals surface area contributed by atoms with Crippen molar-refractivity contribution < 1.29 is 19.2 Å². The van der Waals surface area contributed by atoms with E-state index in [9.17, 15) is 19.2 Å². The first-order chi connectivity index (χ1) is 24.9.